The topological polar surface area (TPSA) is 66.9 Å². The molecule has 3 heterocycles. The minimum Gasteiger partial charge on any atom is -0.385 e. The predicted octanol–water partition coefficient (Wildman–Crippen LogP) is 2.79. The number of anilines is 1. The lowest BCUT2D eigenvalue weighted by molar-refractivity contribution is -0.140. The van der Waals surface area contributed by atoms with Gasteiger partial charge in [-0.2, -0.15) is 0 Å². The van der Waals surface area contributed by atoms with Crippen LogP contribution in [0, 0.1) is 11.8 Å². The van der Waals surface area contributed by atoms with Crippen LogP contribution in [0.1, 0.15) is 22.3 Å². The second-order valence-electron chi connectivity index (χ2n) is 8.22. The highest BCUT2D eigenvalue weighted by Crippen LogP contribution is 2.48. The highest BCUT2D eigenvalue weighted by atomic mass is 16.5. The molecular weight excluding hydrogens is 392 g/mol. The maximum absolute atomic E-state index is 13.7. The zero-order chi connectivity index (χ0) is 21.5. The number of ether oxygens (including phenoxy) is 1. The molecular formula is C25H24N2O4. The van der Waals surface area contributed by atoms with E-state index in [1.165, 1.54) is 4.90 Å². The Morgan fingerprint density at radius 1 is 0.968 bits per heavy atom. The Morgan fingerprint density at radius 3 is 2.45 bits per heavy atom. The first-order valence-corrected chi connectivity index (χ1v) is 10.6. The lowest BCUT2D eigenvalue weighted by atomic mass is 9.86. The molecule has 2 saturated heterocycles. The summed E-state index contributed by atoms with van der Waals surface area (Å²) in [6.45, 7) is 0.791. The summed E-state index contributed by atoms with van der Waals surface area (Å²) in [6.07, 6.45) is 4.55. The molecule has 158 valence electrons. The first-order valence-electron chi connectivity index (χ1n) is 10.6. The van der Waals surface area contributed by atoms with E-state index in [1.54, 1.807) is 19.2 Å². The van der Waals surface area contributed by atoms with E-state index in [0.717, 1.165) is 11.3 Å². The number of methoxy groups -OCH3 is 1. The number of likely N-dealkylation sites (tertiary alicyclic amines) is 1. The molecule has 0 radical (unpaired) electrons. The number of para-hydroxylation sites is 1. The highest BCUT2D eigenvalue weighted by Gasteiger charge is 2.63. The third kappa shape index (κ3) is 3.01. The fourth-order valence-electron chi connectivity index (χ4n) is 5.24. The summed E-state index contributed by atoms with van der Waals surface area (Å²) in [6, 6.07) is 15.8. The van der Waals surface area contributed by atoms with E-state index in [1.807, 2.05) is 59.5 Å². The number of hydrogen-bond donors (Lipinski definition) is 0. The van der Waals surface area contributed by atoms with Crippen LogP contribution in [0.2, 0.25) is 0 Å². The van der Waals surface area contributed by atoms with E-state index in [9.17, 15) is 14.4 Å². The van der Waals surface area contributed by atoms with Crippen LogP contribution in [0.3, 0.4) is 0 Å². The summed E-state index contributed by atoms with van der Waals surface area (Å²) in [4.78, 5) is 43.9. The quantitative estimate of drug-likeness (QED) is 0.412. The van der Waals surface area contributed by atoms with E-state index < -0.39 is 17.9 Å². The zero-order valence-electron chi connectivity index (χ0n) is 17.3. The largest absolute Gasteiger partial charge is 0.385 e. The maximum Gasteiger partial charge on any atom is 0.235 e. The summed E-state index contributed by atoms with van der Waals surface area (Å²) in [5.41, 5.74) is 2.43. The molecule has 6 nitrogen and oxygen atoms in total. The molecule has 2 amide bonds. The van der Waals surface area contributed by atoms with Gasteiger partial charge in [0, 0.05) is 31.5 Å². The summed E-state index contributed by atoms with van der Waals surface area (Å²) < 4.78 is 5.09. The van der Waals surface area contributed by atoms with Gasteiger partial charge in [-0.05, 0) is 18.1 Å². The number of hydrogen-bond acceptors (Lipinski definition) is 5. The van der Waals surface area contributed by atoms with Crippen molar-refractivity contribution in [2.45, 2.75) is 18.5 Å². The number of carbonyl (C=O) groups excluding carboxylic acids is 3. The third-order valence-corrected chi connectivity index (χ3v) is 6.56. The Kier molecular flexibility index (Phi) is 4.94. The van der Waals surface area contributed by atoms with E-state index in [0.29, 0.717) is 25.1 Å². The minimum atomic E-state index is -0.715. The first kappa shape index (κ1) is 19.7. The van der Waals surface area contributed by atoms with Gasteiger partial charge in [0.25, 0.3) is 0 Å². The molecule has 3 aliphatic heterocycles. The van der Waals surface area contributed by atoms with Crippen molar-refractivity contribution in [3.8, 4) is 0 Å². The van der Waals surface area contributed by atoms with Gasteiger partial charge >= 0.3 is 0 Å². The van der Waals surface area contributed by atoms with Crippen LogP contribution in [0.4, 0.5) is 5.69 Å². The Balaban J connectivity index is 1.58. The van der Waals surface area contributed by atoms with Gasteiger partial charge in [0.2, 0.25) is 11.8 Å². The van der Waals surface area contributed by atoms with Crippen molar-refractivity contribution in [1.82, 2.24) is 4.90 Å². The monoisotopic (exact) mass is 416 g/mol. The van der Waals surface area contributed by atoms with Crippen LogP contribution >= 0.6 is 0 Å². The smallest absolute Gasteiger partial charge is 0.235 e. The van der Waals surface area contributed by atoms with Gasteiger partial charge in [-0.1, -0.05) is 60.7 Å². The van der Waals surface area contributed by atoms with Gasteiger partial charge < -0.3 is 9.64 Å². The van der Waals surface area contributed by atoms with E-state index in [2.05, 4.69) is 0 Å². The summed E-state index contributed by atoms with van der Waals surface area (Å²) in [5.74, 6) is -1.81. The average Bonchev–Trinajstić information content (AvgIpc) is 3.28. The van der Waals surface area contributed by atoms with Crippen LogP contribution in [0.25, 0.3) is 6.08 Å². The molecule has 6 heteroatoms. The Hall–Kier alpha value is -3.25. The second-order valence-corrected chi connectivity index (χ2v) is 8.22. The molecule has 0 unspecified atom stereocenters. The Labute approximate surface area is 181 Å². The lowest BCUT2D eigenvalue weighted by Crippen LogP contribution is -2.48. The third-order valence-electron chi connectivity index (χ3n) is 6.56. The number of imide groups is 1. The van der Waals surface area contributed by atoms with Crippen LogP contribution in [0.5, 0.6) is 0 Å². The van der Waals surface area contributed by atoms with Gasteiger partial charge in [0.15, 0.2) is 5.78 Å². The molecule has 31 heavy (non-hydrogen) atoms. The number of carbonyl (C=O) groups is 3. The maximum atomic E-state index is 13.7. The second kappa shape index (κ2) is 7.78. The number of benzene rings is 2. The molecule has 0 N–H and O–H groups in total. The van der Waals surface area contributed by atoms with E-state index in [-0.39, 0.29) is 23.6 Å². The number of Topliss-reactive ketones (excluding diaryl/α,β-unsaturated/α-hetero) is 1. The number of amides is 2. The molecule has 0 saturated carbocycles. The summed E-state index contributed by atoms with van der Waals surface area (Å²) in [5, 5.41) is 0. The number of rotatable bonds is 6. The molecule has 0 aromatic heterocycles. The van der Waals surface area contributed by atoms with Crippen LogP contribution in [-0.4, -0.2) is 54.8 Å². The van der Waals surface area contributed by atoms with Crippen molar-refractivity contribution < 1.29 is 19.1 Å². The van der Waals surface area contributed by atoms with Crippen LogP contribution in [0.15, 0.2) is 60.7 Å². The van der Waals surface area contributed by atoms with Gasteiger partial charge in [-0.15, -0.1) is 0 Å². The van der Waals surface area contributed by atoms with Crippen LogP contribution < -0.4 is 4.90 Å². The van der Waals surface area contributed by atoms with Crippen molar-refractivity contribution in [1.29, 1.82) is 0 Å². The molecule has 5 rings (SSSR count). The zero-order valence-corrected chi connectivity index (χ0v) is 17.3. The predicted molar refractivity (Wildman–Crippen MR) is 116 cm³/mol. The van der Waals surface area contributed by atoms with Crippen LogP contribution in [-0.2, 0) is 14.3 Å². The normalized spacial score (nSPS) is 26.1. The van der Waals surface area contributed by atoms with Crippen molar-refractivity contribution in [2.75, 3.05) is 25.2 Å². The van der Waals surface area contributed by atoms with E-state index >= 15 is 0 Å². The SMILES string of the molecule is COCCCN1C(=O)[C@@H]2[C@H](C1=O)[C@@H](C(=O)c1ccccc1)N1c3ccccc3C=C[C@@H]21. The van der Waals surface area contributed by atoms with Crippen molar-refractivity contribution in [2.24, 2.45) is 11.8 Å². The number of fused-ring (bicyclic) bond motifs is 5. The van der Waals surface area contributed by atoms with Crippen molar-refractivity contribution >= 4 is 29.4 Å². The molecule has 2 aromatic carbocycles. The van der Waals surface area contributed by atoms with Gasteiger partial charge in [-0.3, -0.25) is 19.3 Å². The molecule has 2 fully saturated rings. The number of nitrogens with zero attached hydrogens (tertiary/aromatic N) is 2. The fourth-order valence-corrected chi connectivity index (χ4v) is 5.24. The Morgan fingerprint density at radius 2 is 1.68 bits per heavy atom. The molecule has 3 aliphatic rings. The molecule has 0 aliphatic carbocycles. The van der Waals surface area contributed by atoms with Gasteiger partial charge in [-0.25, -0.2) is 0 Å². The number of ketones is 1. The van der Waals surface area contributed by atoms with Crippen molar-refractivity contribution in [3.63, 3.8) is 0 Å². The Bertz CT molecular complexity index is 1060. The van der Waals surface area contributed by atoms with E-state index in [4.69, 9.17) is 4.74 Å². The molecule has 0 spiro atoms. The average molecular weight is 416 g/mol. The van der Waals surface area contributed by atoms with Crippen molar-refractivity contribution in [3.05, 3.63) is 71.8 Å². The molecule has 2 aromatic rings. The van der Waals surface area contributed by atoms with Gasteiger partial charge in [0.05, 0.1) is 17.9 Å². The summed E-state index contributed by atoms with van der Waals surface area (Å²) in [7, 11) is 1.60. The standard InChI is InChI=1S/C25H24N2O4/c1-31-15-7-14-26-24(29)20-19-13-12-16-8-5-6-11-18(16)27(19)22(21(20)25(26)30)23(28)17-9-3-2-4-10-17/h2-6,8-13,19-22H,7,14-15H2,1H3/t19-,20-,21-,22-/m0/s1. The lowest BCUT2D eigenvalue weighted by Gasteiger charge is -2.36. The molecule has 0 bridgehead atoms. The van der Waals surface area contributed by atoms with Gasteiger partial charge in [0.1, 0.15) is 6.04 Å². The minimum absolute atomic E-state index is 0.122. The molecule has 4 atom stereocenters. The first-order chi connectivity index (χ1) is 15.1. The highest BCUT2D eigenvalue weighted by molar-refractivity contribution is 6.14. The summed E-state index contributed by atoms with van der Waals surface area (Å²) >= 11 is 0. The fraction of sp³-hybridized carbons (Fsp3) is 0.320.